The summed E-state index contributed by atoms with van der Waals surface area (Å²) in [6, 6.07) is 0. The Balaban J connectivity index is 2.01. The number of rotatable bonds is 2. The number of ether oxygens (including phenoxy) is 2. The van der Waals surface area contributed by atoms with Crippen molar-refractivity contribution in [2.45, 2.75) is 49.4 Å². The standard InChI is InChI=1S/C12H16O4/c1-2-15-11-4-8-3-9(6-11)16-10(13)12(14,5-8)7-11/h2,8-9,14H,1,3-7H2. The molecule has 88 valence electrons. The molecule has 4 unspecified atom stereocenters. The van der Waals surface area contributed by atoms with Crippen LogP contribution in [0.1, 0.15) is 32.1 Å². The van der Waals surface area contributed by atoms with E-state index in [0.717, 1.165) is 12.8 Å². The maximum atomic E-state index is 11.8. The third-order valence-corrected chi connectivity index (χ3v) is 4.08. The molecule has 4 fully saturated rings. The van der Waals surface area contributed by atoms with Gasteiger partial charge in [-0.25, -0.2) is 4.79 Å². The first-order valence-electron chi connectivity index (χ1n) is 5.77. The van der Waals surface area contributed by atoms with Gasteiger partial charge in [0.05, 0.1) is 6.26 Å². The fourth-order valence-corrected chi connectivity index (χ4v) is 3.77. The molecule has 4 aliphatic rings. The molecule has 4 nitrogen and oxygen atoms in total. The number of carbonyl (C=O) groups excluding carboxylic acids is 1. The predicted molar refractivity (Wildman–Crippen MR) is 55.4 cm³/mol. The lowest BCUT2D eigenvalue weighted by molar-refractivity contribution is -0.170. The Morgan fingerprint density at radius 1 is 1.50 bits per heavy atom. The van der Waals surface area contributed by atoms with Gasteiger partial charge in [-0.1, -0.05) is 6.58 Å². The van der Waals surface area contributed by atoms with Crippen LogP contribution in [-0.2, 0) is 14.3 Å². The van der Waals surface area contributed by atoms with Gasteiger partial charge in [0.1, 0.15) is 11.7 Å². The van der Waals surface area contributed by atoms with E-state index in [1.165, 1.54) is 6.26 Å². The molecule has 4 bridgehead atoms. The smallest absolute Gasteiger partial charge is 0.338 e. The van der Waals surface area contributed by atoms with Gasteiger partial charge in [-0.3, -0.25) is 0 Å². The van der Waals surface area contributed by atoms with Gasteiger partial charge in [0, 0.05) is 12.8 Å². The molecule has 0 aromatic heterocycles. The highest BCUT2D eigenvalue weighted by atomic mass is 16.6. The van der Waals surface area contributed by atoms with Crippen LogP contribution in [0.2, 0.25) is 0 Å². The van der Waals surface area contributed by atoms with Gasteiger partial charge in [-0.15, -0.1) is 0 Å². The van der Waals surface area contributed by atoms with E-state index in [2.05, 4.69) is 6.58 Å². The minimum Gasteiger partial charge on any atom is -0.495 e. The molecule has 1 N–H and O–H groups in total. The number of carbonyl (C=O) groups is 1. The number of hydrogen-bond donors (Lipinski definition) is 1. The summed E-state index contributed by atoms with van der Waals surface area (Å²) < 4.78 is 10.9. The molecule has 0 aromatic carbocycles. The van der Waals surface area contributed by atoms with Crippen LogP contribution in [0.3, 0.4) is 0 Å². The van der Waals surface area contributed by atoms with Gasteiger partial charge in [0.15, 0.2) is 5.60 Å². The fourth-order valence-electron chi connectivity index (χ4n) is 3.77. The van der Waals surface area contributed by atoms with Crippen LogP contribution in [-0.4, -0.2) is 28.4 Å². The maximum absolute atomic E-state index is 11.8. The first-order chi connectivity index (χ1) is 7.55. The Labute approximate surface area is 94.2 Å². The highest BCUT2D eigenvalue weighted by molar-refractivity contribution is 5.80. The molecule has 4 heteroatoms. The minimum absolute atomic E-state index is 0.0947. The van der Waals surface area contributed by atoms with E-state index in [9.17, 15) is 9.90 Å². The fraction of sp³-hybridized carbons (Fsp3) is 0.750. The Bertz CT molecular complexity index is 353. The van der Waals surface area contributed by atoms with Gasteiger partial charge < -0.3 is 14.6 Å². The summed E-state index contributed by atoms with van der Waals surface area (Å²) in [6.07, 6.45) is 4.63. The molecule has 0 aromatic rings. The van der Waals surface area contributed by atoms with Crippen LogP contribution in [0.4, 0.5) is 0 Å². The third kappa shape index (κ3) is 1.29. The molecule has 0 radical (unpaired) electrons. The number of aliphatic hydroxyl groups is 1. The molecule has 0 amide bonds. The van der Waals surface area contributed by atoms with Crippen molar-refractivity contribution >= 4 is 5.97 Å². The lowest BCUT2D eigenvalue weighted by Crippen LogP contribution is -2.53. The van der Waals surface area contributed by atoms with E-state index in [4.69, 9.17) is 9.47 Å². The highest BCUT2D eigenvalue weighted by Gasteiger charge is 2.60. The van der Waals surface area contributed by atoms with E-state index >= 15 is 0 Å². The summed E-state index contributed by atoms with van der Waals surface area (Å²) in [6.45, 7) is 3.58. The molecule has 16 heavy (non-hydrogen) atoms. The average molecular weight is 224 g/mol. The average Bonchev–Trinajstić information content (AvgIpc) is 2.26. The Hall–Kier alpha value is -1.03. The second-order valence-electron chi connectivity index (χ2n) is 5.42. The van der Waals surface area contributed by atoms with Gasteiger partial charge in [0.25, 0.3) is 0 Å². The summed E-state index contributed by atoms with van der Waals surface area (Å²) >= 11 is 0. The number of esters is 1. The molecule has 2 heterocycles. The van der Waals surface area contributed by atoms with Crippen molar-refractivity contribution in [2.75, 3.05) is 0 Å². The summed E-state index contributed by atoms with van der Waals surface area (Å²) in [5.41, 5.74) is -1.77. The number of hydrogen-bond acceptors (Lipinski definition) is 4. The zero-order valence-corrected chi connectivity index (χ0v) is 9.15. The van der Waals surface area contributed by atoms with Crippen molar-refractivity contribution in [1.82, 2.24) is 0 Å². The Kier molecular flexibility index (Phi) is 1.90. The second kappa shape index (κ2) is 3.00. The highest BCUT2D eigenvalue weighted by Crippen LogP contribution is 2.52. The summed E-state index contributed by atoms with van der Waals surface area (Å²) in [7, 11) is 0. The Morgan fingerprint density at radius 2 is 2.31 bits per heavy atom. The van der Waals surface area contributed by atoms with Gasteiger partial charge in [0.2, 0.25) is 0 Å². The first-order valence-corrected chi connectivity index (χ1v) is 5.77. The summed E-state index contributed by atoms with van der Waals surface area (Å²) in [4.78, 5) is 11.8. The molecule has 2 saturated carbocycles. The van der Waals surface area contributed by atoms with Crippen molar-refractivity contribution in [3.63, 3.8) is 0 Å². The minimum atomic E-state index is -1.34. The zero-order valence-electron chi connectivity index (χ0n) is 9.15. The summed E-state index contributed by atoms with van der Waals surface area (Å²) in [5, 5.41) is 10.4. The van der Waals surface area contributed by atoms with E-state index in [1.54, 1.807) is 0 Å². The molecule has 2 aliphatic heterocycles. The van der Waals surface area contributed by atoms with E-state index in [0.29, 0.717) is 25.2 Å². The van der Waals surface area contributed by atoms with Crippen molar-refractivity contribution in [2.24, 2.45) is 5.92 Å². The van der Waals surface area contributed by atoms with Crippen molar-refractivity contribution in [1.29, 1.82) is 0 Å². The van der Waals surface area contributed by atoms with Crippen LogP contribution in [0.15, 0.2) is 12.8 Å². The van der Waals surface area contributed by atoms with Crippen molar-refractivity contribution in [3.8, 4) is 0 Å². The zero-order chi connectivity index (χ0) is 11.4. The summed E-state index contributed by atoms with van der Waals surface area (Å²) in [5.74, 6) is -0.141. The van der Waals surface area contributed by atoms with E-state index < -0.39 is 17.2 Å². The largest absolute Gasteiger partial charge is 0.495 e. The molecule has 2 aliphatic carbocycles. The first kappa shape index (κ1) is 10.1. The molecule has 4 rings (SSSR count). The van der Waals surface area contributed by atoms with E-state index in [1.807, 2.05) is 0 Å². The normalized spacial score (nSPS) is 49.7. The van der Waals surface area contributed by atoms with Crippen LogP contribution in [0.5, 0.6) is 0 Å². The van der Waals surface area contributed by atoms with Gasteiger partial charge >= 0.3 is 5.97 Å². The Morgan fingerprint density at radius 3 is 3.06 bits per heavy atom. The van der Waals surface area contributed by atoms with Crippen molar-refractivity contribution < 1.29 is 19.4 Å². The van der Waals surface area contributed by atoms with Gasteiger partial charge in [-0.2, -0.15) is 0 Å². The molecular formula is C12H16O4. The lowest BCUT2D eigenvalue weighted by Gasteiger charge is -2.47. The van der Waals surface area contributed by atoms with Crippen LogP contribution in [0, 0.1) is 5.92 Å². The second-order valence-corrected chi connectivity index (χ2v) is 5.42. The SMILES string of the molecule is C=COC12CC3CC(C1)OC(=O)C(O)(C3)C2. The third-order valence-electron chi connectivity index (χ3n) is 4.08. The lowest BCUT2D eigenvalue weighted by atomic mass is 9.63. The molecular weight excluding hydrogens is 208 g/mol. The maximum Gasteiger partial charge on any atom is 0.338 e. The predicted octanol–water partition coefficient (Wildman–Crippen LogP) is 1.14. The quantitative estimate of drug-likeness (QED) is 0.564. The van der Waals surface area contributed by atoms with E-state index in [-0.39, 0.29) is 6.10 Å². The molecule has 0 spiro atoms. The van der Waals surface area contributed by atoms with Gasteiger partial charge in [-0.05, 0) is 25.2 Å². The molecule has 2 saturated heterocycles. The van der Waals surface area contributed by atoms with Crippen molar-refractivity contribution in [3.05, 3.63) is 12.8 Å². The van der Waals surface area contributed by atoms with Crippen LogP contribution in [0.25, 0.3) is 0 Å². The monoisotopic (exact) mass is 224 g/mol. The van der Waals surface area contributed by atoms with Crippen LogP contribution < -0.4 is 0 Å². The topological polar surface area (TPSA) is 55.8 Å². The number of fused-ring (bicyclic) bond motifs is 1. The molecule has 4 atom stereocenters. The van der Waals surface area contributed by atoms with Crippen LogP contribution >= 0.6 is 0 Å².